The van der Waals surface area contributed by atoms with Crippen LogP contribution in [0.25, 0.3) is 0 Å². The van der Waals surface area contributed by atoms with Gasteiger partial charge < -0.3 is 10.3 Å². The molecule has 1 aromatic rings. The average molecular weight is 287 g/mol. The summed E-state index contributed by atoms with van der Waals surface area (Å²) in [4.78, 5) is 14.8. The highest BCUT2D eigenvalue weighted by Gasteiger charge is 2.19. The fraction of sp³-hybridized carbons (Fsp3) is 0.400. The number of carbonyl (C=O) groups excluding carboxylic acids is 1. The third kappa shape index (κ3) is 3.81. The van der Waals surface area contributed by atoms with Crippen molar-refractivity contribution < 1.29 is 4.79 Å². The first-order valence-corrected chi connectivity index (χ1v) is 7.09. The van der Waals surface area contributed by atoms with Crippen LogP contribution in [-0.2, 0) is 0 Å². The lowest BCUT2D eigenvalue weighted by Crippen LogP contribution is -2.26. The molecule has 0 aromatic carbocycles. The number of nitrogens with two attached hydrogens (primary N) is 1. The zero-order valence-electron chi connectivity index (χ0n) is 12.4. The third-order valence-corrected chi connectivity index (χ3v) is 3.51. The molecule has 0 radical (unpaired) electrons. The highest BCUT2D eigenvalue weighted by molar-refractivity contribution is 5.98. The molecule has 6 heteroatoms. The molecule has 1 aliphatic rings. The summed E-state index contributed by atoms with van der Waals surface area (Å²) in [5, 5.41) is 3.99. The molecule has 0 spiro atoms. The molecular weight excluding hydrogens is 266 g/mol. The van der Waals surface area contributed by atoms with E-state index >= 15 is 0 Å². The zero-order chi connectivity index (χ0) is 15.2. The first-order chi connectivity index (χ1) is 10.1. The van der Waals surface area contributed by atoms with Crippen molar-refractivity contribution in [1.82, 2.24) is 15.0 Å². The van der Waals surface area contributed by atoms with Gasteiger partial charge in [0, 0.05) is 18.8 Å². The van der Waals surface area contributed by atoms with Crippen LogP contribution < -0.4 is 11.2 Å². The lowest BCUT2D eigenvalue weighted by atomic mass is 9.90. The van der Waals surface area contributed by atoms with E-state index in [0.717, 1.165) is 18.6 Å². The van der Waals surface area contributed by atoms with Gasteiger partial charge in [0.25, 0.3) is 0 Å². The summed E-state index contributed by atoms with van der Waals surface area (Å²) in [5.74, 6) is 0. The minimum atomic E-state index is -0.648. The number of imidazole rings is 1. The number of hydrogen-bond acceptors (Lipinski definition) is 3. The van der Waals surface area contributed by atoms with Crippen LogP contribution in [0.1, 0.15) is 39.2 Å². The van der Waals surface area contributed by atoms with Gasteiger partial charge in [0.05, 0.1) is 18.1 Å². The second-order valence-electron chi connectivity index (χ2n) is 5.14. The Morgan fingerprint density at radius 2 is 2.38 bits per heavy atom. The van der Waals surface area contributed by atoms with Gasteiger partial charge in [-0.1, -0.05) is 25.0 Å². The van der Waals surface area contributed by atoms with Crippen molar-refractivity contribution in [2.45, 2.75) is 39.2 Å². The SMILES string of the molecule is CCCC(C1=C(C)CC(=NNC(N)=O)C=C1)n1ccnc1. The van der Waals surface area contributed by atoms with Gasteiger partial charge in [-0.3, -0.25) is 0 Å². The number of amides is 2. The van der Waals surface area contributed by atoms with Crippen molar-refractivity contribution in [1.29, 1.82) is 0 Å². The Labute approximate surface area is 124 Å². The van der Waals surface area contributed by atoms with E-state index < -0.39 is 6.03 Å². The van der Waals surface area contributed by atoms with E-state index in [1.165, 1.54) is 11.1 Å². The molecule has 0 saturated heterocycles. The van der Waals surface area contributed by atoms with E-state index in [1.807, 2.05) is 18.6 Å². The molecule has 1 aliphatic carbocycles. The van der Waals surface area contributed by atoms with Gasteiger partial charge in [0.1, 0.15) is 0 Å². The van der Waals surface area contributed by atoms with Crippen LogP contribution in [0, 0.1) is 0 Å². The summed E-state index contributed by atoms with van der Waals surface area (Å²) < 4.78 is 2.14. The molecule has 1 heterocycles. The number of rotatable bonds is 5. The van der Waals surface area contributed by atoms with Gasteiger partial charge >= 0.3 is 6.03 Å². The molecular formula is C15H21N5O. The predicted molar refractivity (Wildman–Crippen MR) is 82.8 cm³/mol. The van der Waals surface area contributed by atoms with Crippen molar-refractivity contribution in [3.63, 3.8) is 0 Å². The number of urea groups is 1. The average Bonchev–Trinajstić information content (AvgIpc) is 2.97. The predicted octanol–water partition coefficient (Wildman–Crippen LogP) is 2.53. The molecule has 0 saturated carbocycles. The van der Waals surface area contributed by atoms with Crippen molar-refractivity contribution in [3.8, 4) is 0 Å². The van der Waals surface area contributed by atoms with Crippen LogP contribution in [0.5, 0.6) is 0 Å². The second-order valence-corrected chi connectivity index (χ2v) is 5.14. The molecule has 0 fully saturated rings. The molecule has 0 aliphatic heterocycles. The maximum Gasteiger partial charge on any atom is 0.332 e. The number of primary amides is 1. The van der Waals surface area contributed by atoms with Gasteiger partial charge in [0.15, 0.2) is 0 Å². The molecule has 6 nitrogen and oxygen atoms in total. The summed E-state index contributed by atoms with van der Waals surface area (Å²) in [5.41, 5.74) is 10.6. The van der Waals surface area contributed by atoms with E-state index in [9.17, 15) is 4.79 Å². The third-order valence-electron chi connectivity index (χ3n) is 3.51. The number of nitrogens with one attached hydrogen (secondary N) is 1. The zero-order valence-corrected chi connectivity index (χ0v) is 12.4. The Hall–Kier alpha value is -2.37. The molecule has 3 N–H and O–H groups in total. The van der Waals surface area contributed by atoms with E-state index in [0.29, 0.717) is 12.5 Å². The Balaban J connectivity index is 2.20. The topological polar surface area (TPSA) is 85.3 Å². The first kappa shape index (κ1) is 15.0. The van der Waals surface area contributed by atoms with Crippen molar-refractivity contribution in [2.75, 3.05) is 0 Å². The van der Waals surface area contributed by atoms with Crippen molar-refractivity contribution >= 4 is 11.7 Å². The van der Waals surface area contributed by atoms with Gasteiger partial charge in [-0.15, -0.1) is 0 Å². The lowest BCUT2D eigenvalue weighted by molar-refractivity contribution is 0.249. The van der Waals surface area contributed by atoms with Crippen LogP contribution >= 0.6 is 0 Å². The van der Waals surface area contributed by atoms with Gasteiger partial charge in [-0.25, -0.2) is 15.2 Å². The Morgan fingerprint density at radius 1 is 1.57 bits per heavy atom. The molecule has 112 valence electrons. The first-order valence-electron chi connectivity index (χ1n) is 7.09. The summed E-state index contributed by atoms with van der Waals surface area (Å²) in [6.07, 6.45) is 12.5. The molecule has 2 rings (SSSR count). The monoisotopic (exact) mass is 287 g/mol. The van der Waals surface area contributed by atoms with Crippen LogP contribution in [0.3, 0.4) is 0 Å². The summed E-state index contributed by atoms with van der Waals surface area (Å²) >= 11 is 0. The fourth-order valence-corrected chi connectivity index (χ4v) is 2.55. The summed E-state index contributed by atoms with van der Waals surface area (Å²) in [7, 11) is 0. The quantitative estimate of drug-likeness (QED) is 0.815. The highest BCUT2D eigenvalue weighted by Crippen LogP contribution is 2.30. The maximum absolute atomic E-state index is 10.7. The standard InChI is InChI=1S/C15H21N5O/c1-3-4-14(20-8-7-17-10-20)13-6-5-12(9-11(13)2)18-19-15(16)21/h5-8,10,14H,3-4,9H2,1-2H3,(H3,16,19,21). The number of carbonyl (C=O) groups is 1. The van der Waals surface area contributed by atoms with Crippen molar-refractivity contribution in [3.05, 3.63) is 42.0 Å². The Kier molecular flexibility index (Phi) is 4.92. The molecule has 1 atom stereocenters. The lowest BCUT2D eigenvalue weighted by Gasteiger charge is -2.24. The maximum atomic E-state index is 10.7. The smallest absolute Gasteiger partial charge is 0.332 e. The highest BCUT2D eigenvalue weighted by atomic mass is 16.2. The molecule has 1 aromatic heterocycles. The molecule has 21 heavy (non-hydrogen) atoms. The van der Waals surface area contributed by atoms with E-state index in [4.69, 9.17) is 5.73 Å². The van der Waals surface area contributed by atoms with Crippen LogP contribution in [0.2, 0.25) is 0 Å². The number of nitrogens with zero attached hydrogens (tertiary/aromatic N) is 3. The van der Waals surface area contributed by atoms with Crippen molar-refractivity contribution in [2.24, 2.45) is 10.8 Å². The molecule has 0 bridgehead atoms. The van der Waals surface area contributed by atoms with Crippen LogP contribution in [0.15, 0.2) is 47.1 Å². The fourth-order valence-electron chi connectivity index (χ4n) is 2.55. The van der Waals surface area contributed by atoms with Gasteiger partial charge in [-0.05, 0) is 25.0 Å². The number of hydrogen-bond donors (Lipinski definition) is 2. The number of aromatic nitrogens is 2. The minimum Gasteiger partial charge on any atom is -0.350 e. The van der Waals surface area contributed by atoms with E-state index in [-0.39, 0.29) is 0 Å². The molecule has 2 amide bonds. The molecule has 1 unspecified atom stereocenters. The Bertz CT molecular complexity index is 583. The summed E-state index contributed by atoms with van der Waals surface area (Å²) in [6, 6.07) is -0.356. The summed E-state index contributed by atoms with van der Waals surface area (Å²) in [6.45, 7) is 4.27. The number of allylic oxidation sites excluding steroid dienone is 4. The normalized spacial score (nSPS) is 18.1. The number of hydrazone groups is 1. The van der Waals surface area contributed by atoms with Crippen LogP contribution in [0.4, 0.5) is 4.79 Å². The van der Waals surface area contributed by atoms with E-state index in [1.54, 1.807) is 6.20 Å². The Morgan fingerprint density at radius 3 is 2.95 bits per heavy atom. The van der Waals surface area contributed by atoms with Gasteiger partial charge in [-0.2, -0.15) is 5.10 Å². The van der Waals surface area contributed by atoms with E-state index in [2.05, 4.69) is 40.0 Å². The van der Waals surface area contributed by atoms with Crippen LogP contribution in [-0.4, -0.2) is 21.3 Å². The minimum absolute atomic E-state index is 0.291. The van der Waals surface area contributed by atoms with Gasteiger partial charge in [0.2, 0.25) is 0 Å². The second kappa shape index (κ2) is 6.88. The largest absolute Gasteiger partial charge is 0.350 e.